The summed E-state index contributed by atoms with van der Waals surface area (Å²) in [6.07, 6.45) is 1.26. The van der Waals surface area contributed by atoms with E-state index in [0.29, 0.717) is 11.3 Å². The van der Waals surface area contributed by atoms with Gasteiger partial charge in [0.2, 0.25) is 5.82 Å². The van der Waals surface area contributed by atoms with Crippen molar-refractivity contribution in [1.29, 1.82) is 0 Å². The minimum atomic E-state index is -0.387. The predicted octanol–water partition coefficient (Wildman–Crippen LogP) is 1.20. The Hall–Kier alpha value is -2.70. The van der Waals surface area contributed by atoms with Gasteiger partial charge in [-0.1, -0.05) is 0 Å². The van der Waals surface area contributed by atoms with Gasteiger partial charge in [-0.3, -0.25) is 14.7 Å². The largest absolute Gasteiger partial charge is 0.350 e. The van der Waals surface area contributed by atoms with E-state index in [1.165, 1.54) is 6.33 Å². The molecule has 3 N–H and O–H groups in total. The molecule has 2 aromatic rings. The fraction of sp³-hybridized carbons (Fsp3) is 0.231. The Kier molecular flexibility index (Phi) is 4.09. The monoisotopic (exact) mass is 273 g/mol. The number of H-pyrrole nitrogens is 1. The third-order valence-corrected chi connectivity index (χ3v) is 2.45. The number of aromatic nitrogens is 3. The first-order chi connectivity index (χ1) is 9.56. The smallest absolute Gasteiger partial charge is 0.292 e. The molecule has 0 radical (unpaired) electrons. The maximum atomic E-state index is 11.8. The molecular weight excluding hydrogens is 258 g/mol. The second-order valence-corrected chi connectivity index (χ2v) is 4.49. The number of anilines is 1. The van der Waals surface area contributed by atoms with Crippen molar-refractivity contribution in [2.24, 2.45) is 0 Å². The number of amides is 2. The third-order valence-electron chi connectivity index (χ3n) is 2.45. The first-order valence-electron chi connectivity index (χ1n) is 6.14. The SMILES string of the molecule is CC(C)NC(=O)c1ccc(NC(=O)c2ncn[nH]2)cc1. The van der Waals surface area contributed by atoms with E-state index in [4.69, 9.17) is 0 Å². The van der Waals surface area contributed by atoms with Crippen LogP contribution in [0.15, 0.2) is 30.6 Å². The van der Waals surface area contributed by atoms with Crippen molar-refractivity contribution in [3.05, 3.63) is 42.0 Å². The molecule has 0 saturated carbocycles. The second-order valence-electron chi connectivity index (χ2n) is 4.49. The number of benzene rings is 1. The standard InChI is InChI=1S/C13H15N5O2/c1-8(2)16-12(19)9-3-5-10(6-4-9)17-13(20)11-14-7-15-18-11/h3-8H,1-2H3,(H,16,19)(H,17,20)(H,14,15,18). The topological polar surface area (TPSA) is 99.8 Å². The van der Waals surface area contributed by atoms with E-state index in [2.05, 4.69) is 25.8 Å². The Balaban J connectivity index is 2.01. The molecule has 0 atom stereocenters. The van der Waals surface area contributed by atoms with Crippen LogP contribution < -0.4 is 10.6 Å². The van der Waals surface area contributed by atoms with Crippen molar-refractivity contribution in [2.45, 2.75) is 19.9 Å². The zero-order chi connectivity index (χ0) is 14.5. The van der Waals surface area contributed by atoms with Gasteiger partial charge < -0.3 is 10.6 Å². The van der Waals surface area contributed by atoms with Crippen LogP contribution in [0, 0.1) is 0 Å². The molecule has 0 saturated heterocycles. The van der Waals surface area contributed by atoms with Gasteiger partial charge >= 0.3 is 0 Å². The lowest BCUT2D eigenvalue weighted by Crippen LogP contribution is -2.30. The highest BCUT2D eigenvalue weighted by molar-refractivity contribution is 6.02. The Morgan fingerprint density at radius 2 is 1.85 bits per heavy atom. The van der Waals surface area contributed by atoms with Gasteiger partial charge in [0.25, 0.3) is 11.8 Å². The number of aromatic amines is 1. The predicted molar refractivity (Wildman–Crippen MR) is 73.4 cm³/mol. The molecule has 0 aliphatic rings. The van der Waals surface area contributed by atoms with Gasteiger partial charge in [-0.15, -0.1) is 0 Å². The fourth-order valence-electron chi connectivity index (χ4n) is 1.56. The minimum absolute atomic E-state index is 0.0772. The molecule has 2 rings (SSSR count). The van der Waals surface area contributed by atoms with Crippen LogP contribution in [0.2, 0.25) is 0 Å². The third kappa shape index (κ3) is 3.41. The molecule has 1 aromatic heterocycles. The van der Waals surface area contributed by atoms with Crippen LogP contribution >= 0.6 is 0 Å². The molecule has 1 aromatic carbocycles. The van der Waals surface area contributed by atoms with Crippen LogP contribution in [0.4, 0.5) is 5.69 Å². The number of rotatable bonds is 4. The van der Waals surface area contributed by atoms with Crippen molar-refractivity contribution >= 4 is 17.5 Å². The molecule has 0 spiro atoms. The molecule has 0 bridgehead atoms. The summed E-state index contributed by atoms with van der Waals surface area (Å²) in [4.78, 5) is 27.2. The van der Waals surface area contributed by atoms with E-state index in [1.54, 1.807) is 24.3 Å². The average Bonchev–Trinajstić information content (AvgIpc) is 2.92. The molecule has 2 amide bonds. The lowest BCUT2D eigenvalue weighted by Gasteiger charge is -2.09. The van der Waals surface area contributed by atoms with Crippen LogP contribution in [0.25, 0.3) is 0 Å². The van der Waals surface area contributed by atoms with Crippen LogP contribution in [0.5, 0.6) is 0 Å². The van der Waals surface area contributed by atoms with Gasteiger partial charge in [0.1, 0.15) is 6.33 Å². The number of hydrogen-bond acceptors (Lipinski definition) is 4. The summed E-state index contributed by atoms with van der Waals surface area (Å²) in [6.45, 7) is 3.79. The number of nitrogens with one attached hydrogen (secondary N) is 3. The van der Waals surface area contributed by atoms with E-state index in [0.717, 1.165) is 0 Å². The fourth-order valence-corrected chi connectivity index (χ4v) is 1.56. The normalized spacial score (nSPS) is 10.3. The zero-order valence-electron chi connectivity index (χ0n) is 11.2. The van der Waals surface area contributed by atoms with Crippen molar-refractivity contribution < 1.29 is 9.59 Å². The van der Waals surface area contributed by atoms with Crippen LogP contribution in [0.3, 0.4) is 0 Å². The van der Waals surface area contributed by atoms with E-state index >= 15 is 0 Å². The van der Waals surface area contributed by atoms with Crippen LogP contribution in [0.1, 0.15) is 34.8 Å². The summed E-state index contributed by atoms with van der Waals surface area (Å²) < 4.78 is 0. The minimum Gasteiger partial charge on any atom is -0.350 e. The van der Waals surface area contributed by atoms with Crippen molar-refractivity contribution in [3.63, 3.8) is 0 Å². The molecule has 1 heterocycles. The molecule has 0 aliphatic heterocycles. The van der Waals surface area contributed by atoms with Gasteiger partial charge in [-0.05, 0) is 38.1 Å². The summed E-state index contributed by atoms with van der Waals surface area (Å²) in [7, 11) is 0. The molecule has 0 unspecified atom stereocenters. The highest BCUT2D eigenvalue weighted by Gasteiger charge is 2.10. The van der Waals surface area contributed by atoms with E-state index in [9.17, 15) is 9.59 Å². The number of carbonyl (C=O) groups excluding carboxylic acids is 2. The molecule has 20 heavy (non-hydrogen) atoms. The Morgan fingerprint density at radius 3 is 2.40 bits per heavy atom. The molecule has 0 fully saturated rings. The highest BCUT2D eigenvalue weighted by atomic mass is 16.2. The van der Waals surface area contributed by atoms with Gasteiger partial charge in [0.05, 0.1) is 0 Å². The number of carbonyl (C=O) groups is 2. The maximum absolute atomic E-state index is 11.8. The first-order valence-corrected chi connectivity index (χ1v) is 6.14. The number of nitrogens with zero attached hydrogens (tertiary/aromatic N) is 2. The van der Waals surface area contributed by atoms with Crippen molar-refractivity contribution in [2.75, 3.05) is 5.32 Å². The summed E-state index contributed by atoms with van der Waals surface area (Å²) in [5, 5.41) is 11.5. The molecule has 7 heteroatoms. The summed E-state index contributed by atoms with van der Waals surface area (Å²) in [5.74, 6) is -0.401. The summed E-state index contributed by atoms with van der Waals surface area (Å²) in [5.41, 5.74) is 1.11. The molecule has 7 nitrogen and oxygen atoms in total. The highest BCUT2D eigenvalue weighted by Crippen LogP contribution is 2.10. The van der Waals surface area contributed by atoms with Gasteiger partial charge in [0.15, 0.2) is 0 Å². The van der Waals surface area contributed by atoms with Gasteiger partial charge in [-0.2, -0.15) is 5.10 Å². The quantitative estimate of drug-likeness (QED) is 0.779. The summed E-state index contributed by atoms with van der Waals surface area (Å²) >= 11 is 0. The zero-order valence-corrected chi connectivity index (χ0v) is 11.2. The average molecular weight is 273 g/mol. The number of hydrogen-bond donors (Lipinski definition) is 3. The van der Waals surface area contributed by atoms with Crippen molar-refractivity contribution in [3.8, 4) is 0 Å². The van der Waals surface area contributed by atoms with Gasteiger partial charge in [-0.25, -0.2) is 4.98 Å². The van der Waals surface area contributed by atoms with E-state index in [1.807, 2.05) is 13.8 Å². The molecule has 104 valence electrons. The second kappa shape index (κ2) is 5.96. The van der Waals surface area contributed by atoms with Crippen molar-refractivity contribution in [1.82, 2.24) is 20.5 Å². The first kappa shape index (κ1) is 13.7. The van der Waals surface area contributed by atoms with E-state index < -0.39 is 0 Å². The Bertz CT molecular complexity index is 590. The lowest BCUT2D eigenvalue weighted by atomic mass is 10.2. The molecular formula is C13H15N5O2. The summed E-state index contributed by atoms with van der Waals surface area (Å²) in [6, 6.07) is 6.68. The Labute approximate surface area is 115 Å². The van der Waals surface area contributed by atoms with E-state index in [-0.39, 0.29) is 23.7 Å². The van der Waals surface area contributed by atoms with Gasteiger partial charge in [0, 0.05) is 17.3 Å². The maximum Gasteiger partial charge on any atom is 0.292 e. The van der Waals surface area contributed by atoms with Crippen LogP contribution in [-0.2, 0) is 0 Å². The lowest BCUT2D eigenvalue weighted by molar-refractivity contribution is 0.0942. The Morgan fingerprint density at radius 1 is 1.15 bits per heavy atom. The molecule has 0 aliphatic carbocycles. The van der Waals surface area contributed by atoms with Crippen LogP contribution in [-0.4, -0.2) is 33.0 Å².